The SMILES string of the molecule is Nn1ccnc1C=S. The largest absolute Gasteiger partial charge is 0.338 e. The van der Waals surface area contributed by atoms with Crippen LogP contribution >= 0.6 is 12.2 Å². The summed E-state index contributed by atoms with van der Waals surface area (Å²) in [5, 5.41) is 1.43. The zero-order valence-electron chi connectivity index (χ0n) is 4.11. The highest BCUT2D eigenvalue weighted by atomic mass is 32.1. The number of nitrogen functional groups attached to an aromatic ring is 1. The zero-order chi connectivity index (χ0) is 5.98. The van der Waals surface area contributed by atoms with E-state index in [1.807, 2.05) is 0 Å². The van der Waals surface area contributed by atoms with Gasteiger partial charge in [0.25, 0.3) is 0 Å². The quantitative estimate of drug-likeness (QED) is 0.424. The Labute approximate surface area is 52.1 Å². The van der Waals surface area contributed by atoms with Crippen molar-refractivity contribution in [3.63, 3.8) is 0 Å². The van der Waals surface area contributed by atoms with Crippen molar-refractivity contribution in [2.75, 3.05) is 5.84 Å². The van der Waals surface area contributed by atoms with E-state index in [1.54, 1.807) is 12.4 Å². The number of thiocarbonyl (C=S) groups is 1. The van der Waals surface area contributed by atoms with Crippen LogP contribution in [-0.4, -0.2) is 15.0 Å². The number of aromatic nitrogens is 2. The predicted molar refractivity (Wildman–Crippen MR) is 35.1 cm³/mol. The number of nitrogens with two attached hydrogens (primary N) is 1. The zero-order valence-corrected chi connectivity index (χ0v) is 4.93. The Morgan fingerprint density at radius 2 is 2.62 bits per heavy atom. The lowest BCUT2D eigenvalue weighted by molar-refractivity contribution is 0.989. The molecule has 42 valence electrons. The highest BCUT2D eigenvalue weighted by Gasteiger charge is 1.89. The summed E-state index contributed by atoms with van der Waals surface area (Å²) in [5.41, 5.74) is 0. The van der Waals surface area contributed by atoms with Crippen LogP contribution in [0.5, 0.6) is 0 Å². The van der Waals surface area contributed by atoms with Crippen LogP contribution in [0.4, 0.5) is 0 Å². The van der Waals surface area contributed by atoms with Gasteiger partial charge in [0, 0.05) is 17.8 Å². The lowest BCUT2D eigenvalue weighted by Crippen LogP contribution is -2.09. The van der Waals surface area contributed by atoms with E-state index < -0.39 is 0 Å². The fourth-order valence-corrected chi connectivity index (χ4v) is 0.598. The molecule has 0 atom stereocenters. The standard InChI is InChI=1S/C4H5N3S/c5-7-2-1-6-4(7)3-8/h1-3H,5H2. The molecule has 0 spiro atoms. The molecule has 0 fully saturated rings. The molecule has 0 aliphatic rings. The van der Waals surface area contributed by atoms with Gasteiger partial charge < -0.3 is 5.84 Å². The summed E-state index contributed by atoms with van der Waals surface area (Å²) in [7, 11) is 0. The highest BCUT2D eigenvalue weighted by Crippen LogP contribution is 1.84. The van der Waals surface area contributed by atoms with Crippen molar-refractivity contribution in [2.24, 2.45) is 0 Å². The van der Waals surface area contributed by atoms with Gasteiger partial charge in [-0.25, -0.2) is 4.98 Å². The monoisotopic (exact) mass is 127 g/mol. The van der Waals surface area contributed by atoms with Crippen molar-refractivity contribution in [3.8, 4) is 0 Å². The fraction of sp³-hybridized carbons (Fsp3) is 0. The van der Waals surface area contributed by atoms with Crippen molar-refractivity contribution < 1.29 is 0 Å². The summed E-state index contributed by atoms with van der Waals surface area (Å²) < 4.78 is 1.37. The van der Waals surface area contributed by atoms with Crippen LogP contribution in [0.2, 0.25) is 0 Å². The molecule has 1 heterocycles. The Balaban J connectivity index is 3.09. The normalized spacial score (nSPS) is 9.00. The molecular formula is C4H5N3S. The minimum atomic E-state index is 0.611. The molecule has 1 aromatic heterocycles. The smallest absolute Gasteiger partial charge is 0.161 e. The van der Waals surface area contributed by atoms with Gasteiger partial charge in [-0.1, -0.05) is 12.2 Å². The second kappa shape index (κ2) is 1.92. The van der Waals surface area contributed by atoms with Crippen LogP contribution in [0.1, 0.15) is 5.82 Å². The first-order valence-electron chi connectivity index (χ1n) is 2.08. The number of hydrogen-bond acceptors (Lipinski definition) is 3. The summed E-state index contributed by atoms with van der Waals surface area (Å²) in [4.78, 5) is 3.81. The van der Waals surface area contributed by atoms with E-state index >= 15 is 0 Å². The van der Waals surface area contributed by atoms with Crippen molar-refractivity contribution in [2.45, 2.75) is 0 Å². The Bertz CT molecular complexity index is 193. The van der Waals surface area contributed by atoms with Crippen LogP contribution in [-0.2, 0) is 0 Å². The van der Waals surface area contributed by atoms with Crippen LogP contribution in [0.3, 0.4) is 0 Å². The van der Waals surface area contributed by atoms with E-state index in [9.17, 15) is 0 Å². The fourth-order valence-electron chi connectivity index (χ4n) is 0.416. The molecule has 0 unspecified atom stereocenters. The Hall–Kier alpha value is -0.900. The van der Waals surface area contributed by atoms with E-state index in [0.29, 0.717) is 5.82 Å². The van der Waals surface area contributed by atoms with Crippen LogP contribution in [0.15, 0.2) is 12.4 Å². The molecule has 0 bridgehead atoms. The molecule has 1 aromatic rings. The maximum atomic E-state index is 5.31. The maximum absolute atomic E-state index is 5.31. The number of nitrogens with zero attached hydrogens (tertiary/aromatic N) is 2. The summed E-state index contributed by atoms with van der Waals surface area (Å²) in [5.74, 6) is 5.92. The van der Waals surface area contributed by atoms with Gasteiger partial charge >= 0.3 is 0 Å². The molecule has 0 aliphatic carbocycles. The topological polar surface area (TPSA) is 43.8 Å². The number of hydrogen-bond donors (Lipinski definition) is 1. The molecule has 0 saturated heterocycles. The average molecular weight is 127 g/mol. The first kappa shape index (κ1) is 5.24. The summed E-state index contributed by atoms with van der Waals surface area (Å²) in [6, 6.07) is 0. The summed E-state index contributed by atoms with van der Waals surface area (Å²) in [6.07, 6.45) is 3.23. The van der Waals surface area contributed by atoms with Crippen molar-refractivity contribution in [1.82, 2.24) is 9.66 Å². The van der Waals surface area contributed by atoms with Gasteiger partial charge in [-0.05, 0) is 0 Å². The minimum absolute atomic E-state index is 0.611. The molecular weight excluding hydrogens is 122 g/mol. The molecule has 4 heteroatoms. The molecule has 0 aliphatic heterocycles. The molecule has 0 radical (unpaired) electrons. The van der Waals surface area contributed by atoms with Gasteiger partial charge in [-0.15, -0.1) is 0 Å². The lowest BCUT2D eigenvalue weighted by Gasteiger charge is -1.88. The second-order valence-corrected chi connectivity index (χ2v) is 1.55. The highest BCUT2D eigenvalue weighted by molar-refractivity contribution is 7.79. The third kappa shape index (κ3) is 0.696. The number of rotatable bonds is 1. The third-order valence-corrected chi connectivity index (χ3v) is 1.01. The molecule has 1 rings (SSSR count). The molecule has 0 saturated carbocycles. The van der Waals surface area contributed by atoms with E-state index in [4.69, 9.17) is 5.84 Å². The Morgan fingerprint density at radius 1 is 1.88 bits per heavy atom. The number of imidazole rings is 1. The molecule has 8 heavy (non-hydrogen) atoms. The van der Waals surface area contributed by atoms with Gasteiger partial charge in [0.15, 0.2) is 5.82 Å². The summed E-state index contributed by atoms with van der Waals surface area (Å²) in [6.45, 7) is 0. The first-order valence-corrected chi connectivity index (χ1v) is 2.55. The van der Waals surface area contributed by atoms with Crippen LogP contribution < -0.4 is 5.84 Å². The Morgan fingerprint density at radius 3 is 2.88 bits per heavy atom. The minimum Gasteiger partial charge on any atom is -0.338 e. The summed E-state index contributed by atoms with van der Waals surface area (Å²) >= 11 is 4.57. The second-order valence-electron chi connectivity index (χ2n) is 1.31. The van der Waals surface area contributed by atoms with Gasteiger partial charge in [0.2, 0.25) is 0 Å². The van der Waals surface area contributed by atoms with Crippen LogP contribution in [0.25, 0.3) is 0 Å². The van der Waals surface area contributed by atoms with E-state index in [1.165, 1.54) is 10.0 Å². The first-order chi connectivity index (χ1) is 3.84. The third-order valence-electron chi connectivity index (χ3n) is 0.804. The Kier molecular flexibility index (Phi) is 1.26. The maximum Gasteiger partial charge on any atom is 0.161 e. The van der Waals surface area contributed by atoms with E-state index in [2.05, 4.69) is 17.2 Å². The molecule has 2 N–H and O–H groups in total. The molecule has 3 nitrogen and oxygen atoms in total. The van der Waals surface area contributed by atoms with Gasteiger partial charge in [-0.3, -0.25) is 4.68 Å². The van der Waals surface area contributed by atoms with Crippen molar-refractivity contribution in [3.05, 3.63) is 18.2 Å². The van der Waals surface area contributed by atoms with Crippen molar-refractivity contribution >= 4 is 17.6 Å². The van der Waals surface area contributed by atoms with E-state index in [-0.39, 0.29) is 0 Å². The molecule has 0 amide bonds. The van der Waals surface area contributed by atoms with Crippen molar-refractivity contribution in [1.29, 1.82) is 0 Å². The lowest BCUT2D eigenvalue weighted by atomic mass is 10.7. The van der Waals surface area contributed by atoms with E-state index in [0.717, 1.165) is 0 Å². The van der Waals surface area contributed by atoms with Gasteiger partial charge in [0.1, 0.15) is 0 Å². The van der Waals surface area contributed by atoms with Gasteiger partial charge in [0.05, 0.1) is 0 Å². The predicted octanol–water partition coefficient (Wildman–Crippen LogP) is -0.0553. The average Bonchev–Trinajstić information content (AvgIpc) is 2.14. The van der Waals surface area contributed by atoms with Gasteiger partial charge in [-0.2, -0.15) is 0 Å². The van der Waals surface area contributed by atoms with Crippen LogP contribution in [0, 0.1) is 0 Å². The molecule has 0 aromatic carbocycles.